The highest BCUT2D eigenvalue weighted by atomic mass is 16.5. The molecule has 2 heterocycles. The summed E-state index contributed by atoms with van der Waals surface area (Å²) in [4.78, 5) is 5.03. The van der Waals surface area contributed by atoms with Gasteiger partial charge in [-0.1, -0.05) is 17.7 Å². The molecule has 196 valence electrons. The SMILES string of the molecule is COc1ccc(N2CCN(c3c(C)c(C)c4c(c3C)C(COc3ccc(C)cc3)C(C)(C)O4)CC2)cc1. The zero-order chi connectivity index (χ0) is 26.3. The molecule has 0 spiro atoms. The molecule has 3 aromatic carbocycles. The summed E-state index contributed by atoms with van der Waals surface area (Å²) in [7, 11) is 1.71. The molecular weight excluding hydrogens is 460 g/mol. The maximum atomic E-state index is 6.63. The Kier molecular flexibility index (Phi) is 6.74. The van der Waals surface area contributed by atoms with Crippen molar-refractivity contribution < 1.29 is 14.2 Å². The lowest BCUT2D eigenvalue weighted by atomic mass is 9.83. The maximum Gasteiger partial charge on any atom is 0.127 e. The molecule has 1 atom stereocenters. The molecule has 0 amide bonds. The van der Waals surface area contributed by atoms with Crippen LogP contribution in [0.5, 0.6) is 17.2 Å². The molecule has 1 fully saturated rings. The van der Waals surface area contributed by atoms with E-state index in [-0.39, 0.29) is 11.5 Å². The topological polar surface area (TPSA) is 34.2 Å². The van der Waals surface area contributed by atoms with E-state index < -0.39 is 0 Å². The van der Waals surface area contributed by atoms with Gasteiger partial charge in [-0.25, -0.2) is 0 Å². The number of methoxy groups -OCH3 is 1. The lowest BCUT2D eigenvalue weighted by molar-refractivity contribution is 0.0862. The molecule has 0 radical (unpaired) electrons. The molecule has 1 unspecified atom stereocenters. The Morgan fingerprint density at radius 2 is 1.38 bits per heavy atom. The van der Waals surface area contributed by atoms with Crippen LogP contribution in [0.1, 0.15) is 47.6 Å². The van der Waals surface area contributed by atoms with E-state index in [2.05, 4.69) is 87.7 Å². The molecule has 5 heteroatoms. The first-order valence-electron chi connectivity index (χ1n) is 13.4. The average molecular weight is 501 g/mol. The molecule has 1 saturated heterocycles. The monoisotopic (exact) mass is 500 g/mol. The fraction of sp³-hybridized carbons (Fsp3) is 0.438. The zero-order valence-electron chi connectivity index (χ0n) is 23.4. The number of hydrogen-bond acceptors (Lipinski definition) is 5. The summed E-state index contributed by atoms with van der Waals surface area (Å²) in [6.07, 6.45) is 0. The highest BCUT2D eigenvalue weighted by Crippen LogP contribution is 2.52. The van der Waals surface area contributed by atoms with E-state index >= 15 is 0 Å². The molecule has 0 aliphatic carbocycles. The van der Waals surface area contributed by atoms with Gasteiger partial charge >= 0.3 is 0 Å². The van der Waals surface area contributed by atoms with Crippen molar-refractivity contribution in [3.8, 4) is 17.2 Å². The van der Waals surface area contributed by atoms with Gasteiger partial charge in [-0.05, 0) is 94.6 Å². The fourth-order valence-electron chi connectivity index (χ4n) is 5.92. The van der Waals surface area contributed by atoms with Crippen molar-refractivity contribution in [2.45, 2.75) is 53.1 Å². The summed E-state index contributed by atoms with van der Waals surface area (Å²) in [6.45, 7) is 17.8. The Morgan fingerprint density at radius 1 is 0.784 bits per heavy atom. The highest BCUT2D eigenvalue weighted by molar-refractivity contribution is 5.71. The molecule has 0 N–H and O–H groups in total. The number of hydrogen-bond donors (Lipinski definition) is 0. The van der Waals surface area contributed by atoms with E-state index in [4.69, 9.17) is 14.2 Å². The van der Waals surface area contributed by atoms with Crippen LogP contribution in [0.15, 0.2) is 48.5 Å². The minimum Gasteiger partial charge on any atom is -0.497 e. The molecular formula is C32H40N2O3. The number of piperazine rings is 1. The summed E-state index contributed by atoms with van der Waals surface area (Å²) in [5, 5.41) is 0. The molecule has 0 saturated carbocycles. The third-order valence-corrected chi connectivity index (χ3v) is 8.29. The number of benzene rings is 3. The van der Waals surface area contributed by atoms with Gasteiger partial charge in [0.2, 0.25) is 0 Å². The lowest BCUT2D eigenvalue weighted by Gasteiger charge is -2.39. The van der Waals surface area contributed by atoms with Crippen molar-refractivity contribution in [2.24, 2.45) is 0 Å². The first-order chi connectivity index (χ1) is 17.7. The van der Waals surface area contributed by atoms with Gasteiger partial charge < -0.3 is 24.0 Å². The summed E-state index contributed by atoms with van der Waals surface area (Å²) in [6, 6.07) is 16.7. The highest BCUT2D eigenvalue weighted by Gasteiger charge is 2.45. The summed E-state index contributed by atoms with van der Waals surface area (Å²) >= 11 is 0. The van der Waals surface area contributed by atoms with E-state index in [9.17, 15) is 0 Å². The van der Waals surface area contributed by atoms with Crippen LogP contribution in [-0.4, -0.2) is 45.5 Å². The minimum absolute atomic E-state index is 0.155. The normalized spacial score (nSPS) is 18.4. The Labute approximate surface area is 222 Å². The second-order valence-electron chi connectivity index (χ2n) is 11.0. The molecule has 5 rings (SSSR count). The average Bonchev–Trinajstić information content (AvgIpc) is 3.18. The largest absolute Gasteiger partial charge is 0.497 e. The molecule has 5 nitrogen and oxygen atoms in total. The first kappa shape index (κ1) is 25.3. The van der Waals surface area contributed by atoms with Crippen molar-refractivity contribution in [3.05, 3.63) is 76.3 Å². The lowest BCUT2D eigenvalue weighted by Crippen LogP contribution is -2.47. The van der Waals surface area contributed by atoms with E-state index in [1.54, 1.807) is 7.11 Å². The third kappa shape index (κ3) is 4.72. The van der Waals surface area contributed by atoms with Crippen molar-refractivity contribution in [2.75, 3.05) is 49.7 Å². The smallest absolute Gasteiger partial charge is 0.127 e. The number of aryl methyl sites for hydroxylation is 1. The van der Waals surface area contributed by atoms with Crippen LogP contribution in [-0.2, 0) is 0 Å². The van der Waals surface area contributed by atoms with Crippen molar-refractivity contribution >= 4 is 11.4 Å². The van der Waals surface area contributed by atoms with E-state index in [0.717, 1.165) is 43.4 Å². The molecule has 0 bridgehead atoms. The van der Waals surface area contributed by atoms with Gasteiger partial charge in [0.1, 0.15) is 22.8 Å². The number of anilines is 2. The maximum absolute atomic E-state index is 6.63. The van der Waals surface area contributed by atoms with Crippen LogP contribution in [0.4, 0.5) is 11.4 Å². The Hall–Kier alpha value is -3.34. The number of rotatable bonds is 6. The van der Waals surface area contributed by atoms with Gasteiger partial charge in [0.15, 0.2) is 0 Å². The van der Waals surface area contributed by atoms with Gasteiger partial charge in [-0.15, -0.1) is 0 Å². The Bertz CT molecular complexity index is 1260. The number of ether oxygens (including phenoxy) is 3. The van der Waals surface area contributed by atoms with Crippen LogP contribution in [0.3, 0.4) is 0 Å². The second kappa shape index (κ2) is 9.85. The molecule has 37 heavy (non-hydrogen) atoms. The van der Waals surface area contributed by atoms with Crippen LogP contribution in [0.25, 0.3) is 0 Å². The van der Waals surface area contributed by atoms with Crippen LogP contribution >= 0.6 is 0 Å². The Balaban J connectivity index is 1.40. The van der Waals surface area contributed by atoms with Crippen LogP contribution in [0, 0.1) is 27.7 Å². The molecule has 2 aliphatic heterocycles. The van der Waals surface area contributed by atoms with Gasteiger partial charge in [-0.3, -0.25) is 0 Å². The van der Waals surface area contributed by atoms with Gasteiger partial charge in [0, 0.05) is 43.1 Å². The summed E-state index contributed by atoms with van der Waals surface area (Å²) in [5.74, 6) is 3.01. The van der Waals surface area contributed by atoms with E-state index in [0.29, 0.717) is 6.61 Å². The van der Waals surface area contributed by atoms with Crippen LogP contribution < -0.4 is 24.0 Å². The molecule has 3 aromatic rings. The van der Waals surface area contributed by atoms with Crippen molar-refractivity contribution in [3.63, 3.8) is 0 Å². The predicted octanol–water partition coefficient (Wildman–Crippen LogP) is 6.59. The third-order valence-electron chi connectivity index (χ3n) is 8.29. The Morgan fingerprint density at radius 3 is 2.00 bits per heavy atom. The van der Waals surface area contributed by atoms with Crippen molar-refractivity contribution in [1.29, 1.82) is 0 Å². The molecule has 2 aliphatic rings. The van der Waals surface area contributed by atoms with E-state index in [1.165, 1.54) is 39.2 Å². The molecule has 0 aromatic heterocycles. The van der Waals surface area contributed by atoms with Gasteiger partial charge in [0.05, 0.1) is 19.6 Å². The fourth-order valence-corrected chi connectivity index (χ4v) is 5.92. The number of fused-ring (bicyclic) bond motifs is 1. The quantitative estimate of drug-likeness (QED) is 0.381. The van der Waals surface area contributed by atoms with E-state index in [1.807, 2.05) is 12.1 Å². The summed E-state index contributed by atoms with van der Waals surface area (Å²) in [5.41, 5.74) is 8.74. The zero-order valence-corrected chi connectivity index (χ0v) is 23.4. The van der Waals surface area contributed by atoms with Crippen LogP contribution in [0.2, 0.25) is 0 Å². The van der Waals surface area contributed by atoms with Gasteiger partial charge in [-0.2, -0.15) is 0 Å². The standard InChI is InChI=1S/C32H40N2O3/c1-21-8-12-27(13-9-21)36-20-28-29-24(4)30(22(2)23(3)31(29)37-32(28,5)6)34-18-16-33(17-19-34)25-10-14-26(35-7)15-11-25/h8-15,28H,16-20H2,1-7H3. The predicted molar refractivity (Wildman–Crippen MR) is 152 cm³/mol. The second-order valence-corrected chi connectivity index (χ2v) is 11.0. The van der Waals surface area contributed by atoms with Crippen molar-refractivity contribution in [1.82, 2.24) is 0 Å². The minimum atomic E-state index is -0.333. The van der Waals surface area contributed by atoms with Gasteiger partial charge in [0.25, 0.3) is 0 Å². The summed E-state index contributed by atoms with van der Waals surface area (Å²) < 4.78 is 18.3. The number of nitrogens with zero attached hydrogens (tertiary/aromatic N) is 2. The first-order valence-corrected chi connectivity index (χ1v) is 13.4.